The first-order chi connectivity index (χ1) is 35.5. The van der Waals surface area contributed by atoms with E-state index in [0.29, 0.717) is 5.92 Å². The summed E-state index contributed by atoms with van der Waals surface area (Å²) in [6.07, 6.45) is 3.15. The molecule has 11 aromatic rings. The van der Waals surface area contributed by atoms with Crippen LogP contribution in [-0.4, -0.2) is 0 Å². The lowest BCUT2D eigenvalue weighted by molar-refractivity contribution is 0.665. The molecule has 0 aliphatic rings. The lowest BCUT2D eigenvalue weighted by Crippen LogP contribution is -2.11. The van der Waals surface area contributed by atoms with Gasteiger partial charge in [-0.1, -0.05) is 220 Å². The van der Waals surface area contributed by atoms with Crippen molar-refractivity contribution in [2.75, 3.05) is 9.80 Å². The van der Waals surface area contributed by atoms with Crippen LogP contribution in [0.15, 0.2) is 273 Å². The van der Waals surface area contributed by atoms with E-state index in [2.05, 4.69) is 297 Å². The summed E-state index contributed by atoms with van der Waals surface area (Å²) in [6, 6.07) is 99.7. The van der Waals surface area contributed by atoms with Crippen molar-refractivity contribution in [3.05, 3.63) is 290 Å². The number of nitrogens with zero attached hydrogens (tertiary/aromatic N) is 2. The van der Waals surface area contributed by atoms with Crippen LogP contribution in [-0.2, 0) is 6.42 Å². The molecule has 72 heavy (non-hydrogen) atoms. The fourth-order valence-electron chi connectivity index (χ4n) is 10.3. The van der Waals surface area contributed by atoms with Gasteiger partial charge in [-0.15, -0.1) is 0 Å². The van der Waals surface area contributed by atoms with Gasteiger partial charge in [-0.2, -0.15) is 0 Å². The van der Waals surface area contributed by atoms with E-state index >= 15 is 0 Å². The van der Waals surface area contributed by atoms with Crippen LogP contribution in [0.1, 0.15) is 49.3 Å². The summed E-state index contributed by atoms with van der Waals surface area (Å²) in [5.74, 6) is 0.536. The molecule has 348 valence electrons. The van der Waals surface area contributed by atoms with Crippen molar-refractivity contribution in [1.29, 1.82) is 0 Å². The molecule has 0 aromatic heterocycles. The van der Waals surface area contributed by atoms with Gasteiger partial charge in [0.15, 0.2) is 0 Å². The van der Waals surface area contributed by atoms with Gasteiger partial charge < -0.3 is 9.80 Å². The number of hydrogen-bond donors (Lipinski definition) is 0. The summed E-state index contributed by atoms with van der Waals surface area (Å²) >= 11 is 0. The summed E-state index contributed by atoms with van der Waals surface area (Å²) < 4.78 is 0. The highest BCUT2D eigenvalue weighted by Crippen LogP contribution is 2.41. The Morgan fingerprint density at radius 2 is 0.722 bits per heavy atom. The average molecular weight is 927 g/mol. The quantitative estimate of drug-likeness (QED) is 0.101. The van der Waals surface area contributed by atoms with E-state index in [1.807, 2.05) is 0 Å². The third kappa shape index (κ3) is 9.99. The van der Waals surface area contributed by atoms with Crippen LogP contribution >= 0.6 is 0 Å². The Hall–Kier alpha value is -8.72. The molecule has 1 atom stereocenters. The molecule has 0 heterocycles. The zero-order valence-corrected chi connectivity index (χ0v) is 41.1. The number of rotatable bonds is 15. The normalized spacial score (nSPS) is 11.6. The minimum atomic E-state index is 0.536. The highest BCUT2D eigenvalue weighted by Gasteiger charge is 2.18. The maximum Gasteiger partial charge on any atom is 0.0464 e. The molecule has 0 amide bonds. The first-order valence-corrected chi connectivity index (χ1v) is 25.4. The smallest absolute Gasteiger partial charge is 0.0464 e. The third-order valence-electron chi connectivity index (χ3n) is 14.1. The van der Waals surface area contributed by atoms with Crippen LogP contribution < -0.4 is 9.80 Å². The number of fused-ring (bicyclic) bond motifs is 1. The summed E-state index contributed by atoms with van der Waals surface area (Å²) in [5, 5.41) is 2.50. The SMILES string of the molecule is CCCC(C)c1cccc(-c2ccc(N(c3ccc(-c4ccccc4)cc3)c3cccc(Cc4cccc(N(c5ccc(-c6ccccc6)cc5)c5ccc(-c6cccc7ccccc67)cc5)c4)c3)cc2)c1. The van der Waals surface area contributed by atoms with Gasteiger partial charge in [0.05, 0.1) is 0 Å². The van der Waals surface area contributed by atoms with E-state index in [0.717, 1.165) is 40.5 Å². The highest BCUT2D eigenvalue weighted by atomic mass is 15.1. The molecule has 1 unspecified atom stereocenters. The predicted molar refractivity (Wildman–Crippen MR) is 308 cm³/mol. The van der Waals surface area contributed by atoms with E-state index in [-0.39, 0.29) is 0 Å². The minimum Gasteiger partial charge on any atom is -0.310 e. The molecule has 0 spiro atoms. The number of benzene rings is 11. The molecule has 2 nitrogen and oxygen atoms in total. The summed E-state index contributed by atoms with van der Waals surface area (Å²) in [6.45, 7) is 4.61. The van der Waals surface area contributed by atoms with Crippen molar-refractivity contribution in [2.45, 2.75) is 39.0 Å². The molecule has 0 saturated heterocycles. The van der Waals surface area contributed by atoms with Crippen LogP contribution in [0.25, 0.3) is 55.3 Å². The monoisotopic (exact) mass is 926 g/mol. The van der Waals surface area contributed by atoms with Crippen LogP contribution in [0.4, 0.5) is 34.1 Å². The second kappa shape index (κ2) is 21.1. The molecule has 2 heteroatoms. The molecule has 0 saturated carbocycles. The van der Waals surface area contributed by atoms with Gasteiger partial charge in [-0.25, -0.2) is 0 Å². The van der Waals surface area contributed by atoms with Gasteiger partial charge >= 0.3 is 0 Å². The maximum absolute atomic E-state index is 2.39. The molecule has 0 aliphatic carbocycles. The summed E-state index contributed by atoms with van der Waals surface area (Å²) in [7, 11) is 0. The first-order valence-electron chi connectivity index (χ1n) is 25.4. The largest absolute Gasteiger partial charge is 0.310 e. The third-order valence-corrected chi connectivity index (χ3v) is 14.1. The van der Waals surface area contributed by atoms with Crippen molar-refractivity contribution in [3.8, 4) is 44.5 Å². The van der Waals surface area contributed by atoms with Gasteiger partial charge in [0.2, 0.25) is 0 Å². The maximum atomic E-state index is 2.39. The molecule has 0 bridgehead atoms. The summed E-state index contributed by atoms with van der Waals surface area (Å²) in [5.41, 5.74) is 20.2. The molecular weight excluding hydrogens is 869 g/mol. The predicted octanol–water partition coefficient (Wildman–Crippen LogP) is 19.9. The van der Waals surface area contributed by atoms with E-state index in [1.165, 1.54) is 84.8 Å². The highest BCUT2D eigenvalue weighted by molar-refractivity contribution is 5.97. The van der Waals surface area contributed by atoms with Gasteiger partial charge in [-0.3, -0.25) is 0 Å². The van der Waals surface area contributed by atoms with Gasteiger partial charge in [0.25, 0.3) is 0 Å². The van der Waals surface area contributed by atoms with Crippen LogP contribution in [0.2, 0.25) is 0 Å². The lowest BCUT2D eigenvalue weighted by atomic mass is 9.93. The minimum absolute atomic E-state index is 0.536. The standard InChI is InChI=1S/C70H58N2/c1-3-16-51(2)61-25-14-26-62(50-61)58-35-43-65(44-36-58)71(63-39-31-56(32-40-63)54-19-6-4-7-20-54)67-27-12-17-52(48-67)47-53-18-13-28-68(49-53)72(64-41-33-57(34-42-64)55-21-8-5-9-22-55)66-45-37-60(38-46-66)70-30-15-24-59-23-10-11-29-69(59)70/h4-15,17-46,48-51H,3,16,47H2,1-2H3. The molecule has 11 rings (SSSR count). The second-order valence-electron chi connectivity index (χ2n) is 18.9. The van der Waals surface area contributed by atoms with Crippen molar-refractivity contribution < 1.29 is 0 Å². The Labute approximate surface area is 425 Å². The van der Waals surface area contributed by atoms with Crippen LogP contribution in [0.5, 0.6) is 0 Å². The van der Waals surface area contributed by atoms with E-state index in [1.54, 1.807) is 0 Å². The molecule has 0 radical (unpaired) electrons. The van der Waals surface area contributed by atoms with Gasteiger partial charge in [0.1, 0.15) is 0 Å². The molecule has 0 N–H and O–H groups in total. The van der Waals surface area contributed by atoms with Crippen LogP contribution in [0, 0.1) is 0 Å². The molecule has 0 fully saturated rings. The van der Waals surface area contributed by atoms with Crippen molar-refractivity contribution in [1.82, 2.24) is 0 Å². The topological polar surface area (TPSA) is 6.48 Å². The molecular formula is C70H58N2. The Bertz CT molecular complexity index is 3540. The number of hydrogen-bond acceptors (Lipinski definition) is 2. The Morgan fingerprint density at radius 1 is 0.319 bits per heavy atom. The van der Waals surface area contributed by atoms with Gasteiger partial charge in [0, 0.05) is 34.1 Å². The van der Waals surface area contributed by atoms with Crippen molar-refractivity contribution in [3.63, 3.8) is 0 Å². The van der Waals surface area contributed by atoms with E-state index in [9.17, 15) is 0 Å². The summed E-state index contributed by atoms with van der Waals surface area (Å²) in [4.78, 5) is 4.77. The first kappa shape index (κ1) is 45.7. The van der Waals surface area contributed by atoms with E-state index in [4.69, 9.17) is 0 Å². The molecule has 11 aromatic carbocycles. The molecule has 0 aliphatic heterocycles. The Balaban J connectivity index is 0.927. The number of anilines is 6. The van der Waals surface area contributed by atoms with Crippen molar-refractivity contribution >= 4 is 44.9 Å². The zero-order valence-electron chi connectivity index (χ0n) is 41.1. The Morgan fingerprint density at radius 3 is 1.24 bits per heavy atom. The van der Waals surface area contributed by atoms with Crippen LogP contribution in [0.3, 0.4) is 0 Å². The zero-order chi connectivity index (χ0) is 48.6. The second-order valence-corrected chi connectivity index (χ2v) is 18.9. The lowest BCUT2D eigenvalue weighted by Gasteiger charge is -2.27. The fourth-order valence-corrected chi connectivity index (χ4v) is 10.3. The van der Waals surface area contributed by atoms with E-state index < -0.39 is 0 Å². The Kier molecular flexibility index (Phi) is 13.4. The van der Waals surface area contributed by atoms with Gasteiger partial charge in [-0.05, 0) is 164 Å². The van der Waals surface area contributed by atoms with Crippen molar-refractivity contribution in [2.24, 2.45) is 0 Å². The fraction of sp³-hybridized carbons (Fsp3) is 0.0857. The average Bonchev–Trinajstić information content (AvgIpc) is 3.45.